The first-order chi connectivity index (χ1) is 63.1. The monoisotopic (exact) mass is 1660 g/mol. The Morgan fingerprint density at radius 1 is 0.189 bits per heavy atom. The molecule has 0 N–H and O–H groups in total. The summed E-state index contributed by atoms with van der Waals surface area (Å²) >= 11 is 0. The third-order valence-corrected chi connectivity index (χ3v) is 26.9. The average Bonchev–Trinajstić information content (AvgIpc) is 1.76. The van der Waals surface area contributed by atoms with Crippen LogP contribution in [0.1, 0.15) is 240 Å². The van der Waals surface area contributed by atoms with Crippen molar-refractivity contribution in [3.8, 4) is 11.1 Å². The van der Waals surface area contributed by atoms with E-state index in [1.807, 2.05) is 36.4 Å². The Morgan fingerprint density at radius 2 is 0.472 bits per heavy atom. The number of hydrogen-bond acceptors (Lipinski definition) is 0. The molecule has 0 nitrogen and oxygen atoms in total. The first-order valence-corrected chi connectivity index (χ1v) is 49.0. The number of aryl methyl sites for hydroxylation is 4. The van der Waals surface area contributed by atoms with Gasteiger partial charge in [0.25, 0.3) is 0 Å². The van der Waals surface area contributed by atoms with Gasteiger partial charge in [-0.2, -0.15) is 0 Å². The summed E-state index contributed by atoms with van der Waals surface area (Å²) in [4.78, 5) is 0. The van der Waals surface area contributed by atoms with Crippen LogP contribution in [0.5, 0.6) is 0 Å². The molecule has 0 radical (unpaired) electrons. The minimum absolute atomic E-state index is 1.10. The summed E-state index contributed by atoms with van der Waals surface area (Å²) in [5.41, 5.74) is 27.0. The van der Waals surface area contributed by atoms with Crippen molar-refractivity contribution in [2.45, 2.75) is 225 Å². The lowest BCUT2D eigenvalue weighted by Gasteiger charge is -2.35. The van der Waals surface area contributed by atoms with Crippen molar-refractivity contribution in [1.82, 2.24) is 0 Å². The van der Waals surface area contributed by atoms with E-state index in [-0.39, 0.29) is 0 Å². The first kappa shape index (κ1) is 91.5. The SMILES string of the molecule is C1=CC2=C(C1)CC=C2.C1=CC2=C(C=CC2)C1.C1=CCC=C1.C1=Cc2ccccc2C1.C1CCC2CCCCC2C1.C1CCCC1.C1CCCCC1.c1ccc2c(c1)CCC2.c1ccc2c(c1)CCCC2.c1ccc2c(c1)Cc1ccccc1-2.c1ccc2c(c1)Cc1ccccc1C2.c1ccc2cc3ccccc3cc2c1.c1ccc2ccccc2c1.c1ccccc1. The molecule has 0 heterocycles. The molecule has 14 aliphatic rings. The minimum atomic E-state index is 1.10. The Balaban J connectivity index is 0.000000112. The third kappa shape index (κ3) is 29.7. The van der Waals surface area contributed by atoms with Crippen LogP contribution >= 0.6 is 0 Å². The van der Waals surface area contributed by atoms with E-state index in [9.17, 15) is 0 Å². The molecule has 4 saturated carbocycles. The minimum Gasteiger partial charge on any atom is -0.0808 e. The predicted octanol–water partition coefficient (Wildman–Crippen LogP) is 35.5. The number of benzene rings is 13. The van der Waals surface area contributed by atoms with Crippen molar-refractivity contribution < 1.29 is 0 Å². The largest absolute Gasteiger partial charge is 0.0808 e. The number of rotatable bonds is 0. The Labute approximate surface area is 764 Å². The fourth-order valence-corrected chi connectivity index (χ4v) is 19.8. The highest BCUT2D eigenvalue weighted by Crippen LogP contribution is 2.41. The maximum Gasteiger partial charge on any atom is -0.00135 e. The molecule has 4 fully saturated rings. The van der Waals surface area contributed by atoms with Crippen molar-refractivity contribution >= 4 is 38.4 Å². The Hall–Kier alpha value is -11.7. The summed E-state index contributed by atoms with van der Waals surface area (Å²) in [6, 6.07) is 111. The molecular formula is C127H138. The maximum atomic E-state index is 2.26. The Bertz CT molecular complexity index is 5300. The third-order valence-electron chi connectivity index (χ3n) is 26.9. The van der Waals surface area contributed by atoms with Crippen LogP contribution in [0.25, 0.3) is 49.5 Å². The van der Waals surface area contributed by atoms with Gasteiger partial charge in [0.1, 0.15) is 0 Å². The molecule has 646 valence electrons. The second-order valence-electron chi connectivity index (χ2n) is 35.9. The number of hydrogen-bond donors (Lipinski definition) is 0. The molecular weight excluding hydrogens is 1530 g/mol. The number of allylic oxidation sites excluding steroid dienone is 17. The van der Waals surface area contributed by atoms with Crippen molar-refractivity contribution in [2.24, 2.45) is 11.8 Å². The predicted molar refractivity (Wildman–Crippen MR) is 552 cm³/mol. The molecule has 13 aromatic rings. The van der Waals surface area contributed by atoms with Crippen molar-refractivity contribution in [3.63, 3.8) is 0 Å². The highest BCUT2D eigenvalue weighted by atomic mass is 14.3. The lowest BCUT2D eigenvalue weighted by atomic mass is 9.71. The van der Waals surface area contributed by atoms with E-state index >= 15 is 0 Å². The molecule has 13 aromatic carbocycles. The van der Waals surface area contributed by atoms with Crippen molar-refractivity contribution in [3.05, 3.63) is 483 Å². The van der Waals surface area contributed by atoms with Crippen LogP contribution in [0.3, 0.4) is 0 Å². The quantitative estimate of drug-likeness (QED) is 0.133. The van der Waals surface area contributed by atoms with Gasteiger partial charge in [0.05, 0.1) is 0 Å². The smallest absolute Gasteiger partial charge is 0.00135 e. The fraction of sp³-hybridized carbons (Fsp3) is 0.291. The molecule has 0 bridgehead atoms. The summed E-state index contributed by atoms with van der Waals surface area (Å²) in [7, 11) is 0. The van der Waals surface area contributed by atoms with Crippen LogP contribution < -0.4 is 0 Å². The van der Waals surface area contributed by atoms with Crippen LogP contribution in [-0.4, -0.2) is 0 Å². The Morgan fingerprint density at radius 3 is 0.811 bits per heavy atom. The Kier molecular flexibility index (Phi) is 37.8. The van der Waals surface area contributed by atoms with Crippen molar-refractivity contribution in [1.29, 1.82) is 0 Å². The van der Waals surface area contributed by atoms with Gasteiger partial charge in [-0.3, -0.25) is 0 Å². The molecule has 0 heteroatoms. The first-order valence-electron chi connectivity index (χ1n) is 49.0. The summed E-state index contributed by atoms with van der Waals surface area (Å²) < 4.78 is 0. The van der Waals surface area contributed by atoms with Gasteiger partial charge in [0, 0.05) is 0 Å². The maximum absolute atomic E-state index is 2.26. The van der Waals surface area contributed by atoms with Gasteiger partial charge in [-0.1, -0.05) is 516 Å². The molecule has 127 heavy (non-hydrogen) atoms. The topological polar surface area (TPSA) is 0 Å². The van der Waals surface area contributed by atoms with Gasteiger partial charge in [-0.25, -0.2) is 0 Å². The van der Waals surface area contributed by atoms with Crippen molar-refractivity contribution in [2.75, 3.05) is 0 Å². The van der Waals surface area contributed by atoms with Gasteiger partial charge in [0.2, 0.25) is 0 Å². The summed E-state index contributed by atoms with van der Waals surface area (Å²) in [6.45, 7) is 0. The summed E-state index contributed by atoms with van der Waals surface area (Å²) in [5, 5.41) is 7.87. The highest BCUT2D eigenvalue weighted by molar-refractivity contribution is 5.98. The lowest BCUT2D eigenvalue weighted by Crippen LogP contribution is -2.22. The summed E-state index contributed by atoms with van der Waals surface area (Å²) in [6.07, 6.45) is 79.0. The van der Waals surface area contributed by atoms with E-state index in [0.29, 0.717) is 0 Å². The van der Waals surface area contributed by atoms with Crippen LogP contribution in [0.15, 0.2) is 417 Å². The second kappa shape index (κ2) is 52.4. The second-order valence-corrected chi connectivity index (χ2v) is 35.9. The van der Waals surface area contributed by atoms with Gasteiger partial charge >= 0.3 is 0 Å². The molecule has 0 saturated heterocycles. The average molecular weight is 1660 g/mol. The molecule has 0 aliphatic heterocycles. The van der Waals surface area contributed by atoms with Crippen LogP contribution in [-0.2, 0) is 51.4 Å². The summed E-state index contributed by atoms with van der Waals surface area (Å²) in [5.74, 6) is 2.31. The molecule has 0 atom stereocenters. The van der Waals surface area contributed by atoms with Gasteiger partial charge in [-0.05, 0) is 254 Å². The fourth-order valence-electron chi connectivity index (χ4n) is 19.8. The van der Waals surface area contributed by atoms with Gasteiger partial charge in [-0.15, -0.1) is 0 Å². The number of fused-ring (bicyclic) bond motifs is 12. The van der Waals surface area contributed by atoms with E-state index in [4.69, 9.17) is 0 Å². The van der Waals surface area contributed by atoms with E-state index in [1.54, 1.807) is 53.5 Å². The molecule has 0 aromatic heterocycles. The van der Waals surface area contributed by atoms with Crippen LogP contribution in [0.4, 0.5) is 0 Å². The zero-order valence-corrected chi connectivity index (χ0v) is 76.0. The molecule has 0 spiro atoms. The van der Waals surface area contributed by atoms with Crippen LogP contribution in [0, 0.1) is 11.8 Å². The molecule has 0 unspecified atom stereocenters. The van der Waals surface area contributed by atoms with Crippen LogP contribution in [0.2, 0.25) is 0 Å². The van der Waals surface area contributed by atoms with E-state index in [1.165, 1.54) is 272 Å². The van der Waals surface area contributed by atoms with E-state index in [2.05, 4.69) is 364 Å². The highest BCUT2D eigenvalue weighted by Gasteiger charge is 2.27. The molecule has 14 aliphatic carbocycles. The van der Waals surface area contributed by atoms with Gasteiger partial charge in [0.15, 0.2) is 0 Å². The molecule has 0 amide bonds. The van der Waals surface area contributed by atoms with E-state index < -0.39 is 0 Å². The molecule has 27 rings (SSSR count). The normalized spacial score (nSPS) is 17.3. The zero-order valence-electron chi connectivity index (χ0n) is 76.0. The van der Waals surface area contributed by atoms with Gasteiger partial charge < -0.3 is 0 Å². The standard InChI is InChI=1S/C14H12.C14H10.C13H10.C10H18.C10H12.C10H8.C9H10.C9H8.2C8H8.C6H12.C6H6.C5H10.C5H6/c2*1-2-6-12-10-14-8-4-3-7-13(14)9-11(12)5-1;1-3-7-12-10(5-1)9-11-6-2-4-8-13(11)12;3*1-2-6-10-8-4-3-7-9(10)5-1;2*1-2-5-9-7-3-6-8(9)4-1;2*1-3-7-5-2-6-8(7)4-1;2*1-2-4-6-5-3-1;2*1-2-4-5-3-1/h1-8H,9-10H2;1-10H;1-8H,9H2;9-10H,1-8H2;1-2,5-6H,3-4,7-8H2;1-8H;1-2,4-5H,3,6-7H2;1-6H,7H2;1-3,6H,4-5H2;1-3,5H,4,6H2;1-6H2;1-6H;1-5H2;1-4H,5H2. The lowest BCUT2D eigenvalue weighted by molar-refractivity contribution is 0.171. The zero-order chi connectivity index (χ0) is 86.4. The van der Waals surface area contributed by atoms with E-state index in [0.717, 1.165) is 43.9 Å².